The molecule has 0 fully saturated rings. The molecule has 0 unspecified atom stereocenters. The minimum absolute atomic E-state index is 0. The van der Waals surface area contributed by atoms with Gasteiger partial charge in [0.1, 0.15) is 17.9 Å². The number of benzene rings is 1. The van der Waals surface area contributed by atoms with Gasteiger partial charge in [-0.2, -0.15) is 0 Å². The molecule has 0 spiro atoms. The third-order valence-corrected chi connectivity index (χ3v) is 2.55. The van der Waals surface area contributed by atoms with Gasteiger partial charge in [0.2, 0.25) is 0 Å². The zero-order valence-electron chi connectivity index (χ0n) is 9.51. The molecule has 2 aromatic heterocycles. The third kappa shape index (κ3) is 2.43. The summed E-state index contributed by atoms with van der Waals surface area (Å²) < 4.78 is 5.26. The molecule has 18 heavy (non-hydrogen) atoms. The van der Waals surface area contributed by atoms with Gasteiger partial charge in [-0.25, -0.2) is 9.97 Å². The van der Waals surface area contributed by atoms with Crippen LogP contribution in [0, 0.1) is 0 Å². The highest BCUT2D eigenvalue weighted by atomic mass is 35.5. The number of para-hydroxylation sites is 1. The van der Waals surface area contributed by atoms with Crippen molar-refractivity contribution >= 4 is 16.7 Å². The van der Waals surface area contributed by atoms with E-state index in [9.17, 15) is 0 Å². The number of furan rings is 1. The second-order valence-electron chi connectivity index (χ2n) is 3.67. The fraction of sp³-hybridized carbons (Fsp3) is 0.0769. The number of hydrogen-bond donors (Lipinski definition) is 1. The molecule has 3 rings (SSSR count). The molecule has 2 heterocycles. The molecule has 0 bridgehead atoms. The molecule has 1 N–H and O–H groups in total. The van der Waals surface area contributed by atoms with Crippen molar-refractivity contribution < 1.29 is 16.8 Å². The van der Waals surface area contributed by atoms with Crippen molar-refractivity contribution in [1.29, 1.82) is 0 Å². The summed E-state index contributed by atoms with van der Waals surface area (Å²) in [5.41, 5.74) is 0.935. The Kier molecular flexibility index (Phi) is 3.79. The lowest BCUT2D eigenvalue weighted by Crippen LogP contribution is -3.00. The Hall–Kier alpha value is -2.07. The lowest BCUT2D eigenvalue weighted by molar-refractivity contribution is -0.00000399. The number of rotatable bonds is 3. The zero-order chi connectivity index (χ0) is 11.5. The Morgan fingerprint density at radius 3 is 2.78 bits per heavy atom. The molecule has 0 radical (unpaired) electrons. The average molecular weight is 261 g/mol. The van der Waals surface area contributed by atoms with E-state index in [1.165, 1.54) is 0 Å². The van der Waals surface area contributed by atoms with Crippen LogP contribution in [0.15, 0.2) is 53.4 Å². The van der Waals surface area contributed by atoms with Crippen LogP contribution in [0.4, 0.5) is 5.82 Å². The van der Waals surface area contributed by atoms with Gasteiger partial charge in [-0.1, -0.05) is 12.1 Å². The molecule has 1 aromatic carbocycles. The van der Waals surface area contributed by atoms with Crippen molar-refractivity contribution in [2.45, 2.75) is 6.54 Å². The minimum atomic E-state index is 0. The predicted molar refractivity (Wildman–Crippen MR) is 65.6 cm³/mol. The molecule has 0 atom stereocenters. The molecule has 5 heteroatoms. The van der Waals surface area contributed by atoms with Crippen LogP contribution < -0.4 is 17.7 Å². The number of nitrogens with zero attached hydrogens (tertiary/aromatic N) is 2. The van der Waals surface area contributed by atoms with Crippen LogP contribution in [0.25, 0.3) is 10.9 Å². The van der Waals surface area contributed by atoms with Crippen LogP contribution in [0.3, 0.4) is 0 Å². The molecule has 0 amide bonds. The number of hydrogen-bond acceptors (Lipinski definition) is 4. The standard InChI is InChI=1S/C13H11N3O.ClH/c1-2-6-12-11(5-1)13(16-9-15-12)14-8-10-4-3-7-17-10;/h1-7,9H,8H2,(H,14,15,16);1H/p-1. The molecule has 92 valence electrons. The van der Waals surface area contributed by atoms with Crippen LogP contribution in [0.2, 0.25) is 0 Å². The fourth-order valence-electron chi connectivity index (χ4n) is 1.73. The van der Waals surface area contributed by atoms with Crippen molar-refractivity contribution in [3.63, 3.8) is 0 Å². The number of aromatic nitrogens is 2. The van der Waals surface area contributed by atoms with Crippen LogP contribution in [-0.4, -0.2) is 9.97 Å². The third-order valence-electron chi connectivity index (χ3n) is 2.55. The summed E-state index contributed by atoms with van der Waals surface area (Å²) in [6, 6.07) is 11.7. The Labute approximate surface area is 110 Å². The molecular weight excluding hydrogens is 250 g/mol. The first-order valence-electron chi connectivity index (χ1n) is 5.39. The minimum Gasteiger partial charge on any atom is -1.00 e. The van der Waals surface area contributed by atoms with E-state index >= 15 is 0 Å². The average Bonchev–Trinajstić information content (AvgIpc) is 2.89. The summed E-state index contributed by atoms with van der Waals surface area (Å²) >= 11 is 0. The first kappa shape index (κ1) is 12.4. The zero-order valence-corrected chi connectivity index (χ0v) is 10.3. The first-order chi connectivity index (χ1) is 8.43. The first-order valence-corrected chi connectivity index (χ1v) is 5.39. The van der Waals surface area contributed by atoms with Crippen molar-refractivity contribution in [1.82, 2.24) is 9.97 Å². The maximum atomic E-state index is 5.26. The molecular formula is C13H11ClN3O-. The van der Waals surface area contributed by atoms with Crippen LogP contribution in [0.1, 0.15) is 5.76 Å². The van der Waals surface area contributed by atoms with Crippen molar-refractivity contribution in [2.75, 3.05) is 5.32 Å². The van der Waals surface area contributed by atoms with Crippen molar-refractivity contribution in [2.24, 2.45) is 0 Å². The largest absolute Gasteiger partial charge is 1.00 e. The molecule has 3 aromatic rings. The van der Waals surface area contributed by atoms with Gasteiger partial charge in [0.05, 0.1) is 18.3 Å². The van der Waals surface area contributed by atoms with E-state index in [-0.39, 0.29) is 12.4 Å². The Morgan fingerprint density at radius 1 is 1.06 bits per heavy atom. The maximum Gasteiger partial charge on any atom is 0.137 e. The fourth-order valence-corrected chi connectivity index (χ4v) is 1.73. The second-order valence-corrected chi connectivity index (χ2v) is 3.67. The Bertz CT molecular complexity index is 620. The van der Waals surface area contributed by atoms with E-state index in [2.05, 4.69) is 15.3 Å². The summed E-state index contributed by atoms with van der Waals surface area (Å²) in [6.07, 6.45) is 3.22. The van der Waals surface area contributed by atoms with E-state index in [0.29, 0.717) is 6.54 Å². The number of fused-ring (bicyclic) bond motifs is 1. The number of halogens is 1. The predicted octanol–water partition coefficient (Wildman–Crippen LogP) is -0.161. The quantitative estimate of drug-likeness (QED) is 0.711. The van der Waals surface area contributed by atoms with E-state index < -0.39 is 0 Å². The van der Waals surface area contributed by atoms with E-state index in [0.717, 1.165) is 22.5 Å². The van der Waals surface area contributed by atoms with Gasteiger partial charge in [0.25, 0.3) is 0 Å². The summed E-state index contributed by atoms with van der Waals surface area (Å²) in [4.78, 5) is 8.45. The molecule has 4 nitrogen and oxygen atoms in total. The maximum absolute atomic E-state index is 5.26. The second kappa shape index (κ2) is 5.51. The van der Waals surface area contributed by atoms with Gasteiger partial charge in [-0.3, -0.25) is 0 Å². The topological polar surface area (TPSA) is 51.0 Å². The van der Waals surface area contributed by atoms with Gasteiger partial charge in [-0.05, 0) is 24.3 Å². The monoisotopic (exact) mass is 260 g/mol. The Morgan fingerprint density at radius 2 is 1.94 bits per heavy atom. The molecule has 0 saturated carbocycles. The molecule has 0 aliphatic carbocycles. The van der Waals surface area contributed by atoms with E-state index in [1.54, 1.807) is 12.6 Å². The normalized spacial score (nSPS) is 10.0. The smallest absolute Gasteiger partial charge is 0.137 e. The molecule has 0 aliphatic heterocycles. The SMILES string of the molecule is [Cl-].c1coc(CNc2ncnc3ccccc23)c1. The molecule has 0 saturated heterocycles. The van der Waals surface area contributed by atoms with Gasteiger partial charge in [-0.15, -0.1) is 0 Å². The lowest BCUT2D eigenvalue weighted by Gasteiger charge is -2.06. The van der Waals surface area contributed by atoms with Crippen LogP contribution in [-0.2, 0) is 6.54 Å². The summed E-state index contributed by atoms with van der Waals surface area (Å²) in [7, 11) is 0. The van der Waals surface area contributed by atoms with E-state index in [1.807, 2.05) is 36.4 Å². The lowest BCUT2D eigenvalue weighted by atomic mass is 10.2. The summed E-state index contributed by atoms with van der Waals surface area (Å²) in [5, 5.41) is 4.26. The van der Waals surface area contributed by atoms with Gasteiger partial charge in [0.15, 0.2) is 0 Å². The summed E-state index contributed by atoms with van der Waals surface area (Å²) in [6.45, 7) is 0.619. The highest BCUT2D eigenvalue weighted by Gasteiger charge is 2.02. The van der Waals surface area contributed by atoms with Crippen molar-refractivity contribution in [3.05, 3.63) is 54.7 Å². The number of nitrogens with one attached hydrogen (secondary N) is 1. The van der Waals surface area contributed by atoms with Gasteiger partial charge in [0, 0.05) is 5.39 Å². The summed E-state index contributed by atoms with van der Waals surface area (Å²) in [5.74, 6) is 1.71. The van der Waals surface area contributed by atoms with E-state index in [4.69, 9.17) is 4.42 Å². The van der Waals surface area contributed by atoms with Gasteiger partial charge < -0.3 is 22.1 Å². The van der Waals surface area contributed by atoms with Crippen molar-refractivity contribution in [3.8, 4) is 0 Å². The molecule has 0 aliphatic rings. The van der Waals surface area contributed by atoms with Crippen LogP contribution >= 0.6 is 0 Å². The number of anilines is 1. The highest BCUT2D eigenvalue weighted by Crippen LogP contribution is 2.18. The Balaban J connectivity index is 0.00000120. The van der Waals surface area contributed by atoms with Gasteiger partial charge >= 0.3 is 0 Å². The highest BCUT2D eigenvalue weighted by molar-refractivity contribution is 5.88. The van der Waals surface area contributed by atoms with Crippen LogP contribution in [0.5, 0.6) is 0 Å².